The minimum atomic E-state index is -0.609. The maximum atomic E-state index is 13.0. The zero-order valence-electron chi connectivity index (χ0n) is 16.7. The van der Waals surface area contributed by atoms with Gasteiger partial charge in [-0.15, -0.1) is 11.8 Å². The Morgan fingerprint density at radius 3 is 2.52 bits per heavy atom. The molecule has 0 fully saturated rings. The van der Waals surface area contributed by atoms with E-state index in [0.717, 1.165) is 23.3 Å². The van der Waals surface area contributed by atoms with E-state index in [0.29, 0.717) is 16.6 Å². The molecule has 0 aliphatic heterocycles. The summed E-state index contributed by atoms with van der Waals surface area (Å²) in [5.74, 6) is -0.0495. The fourth-order valence-electron chi connectivity index (χ4n) is 2.70. The highest BCUT2D eigenvalue weighted by Crippen LogP contribution is 2.24. The molecule has 29 heavy (non-hydrogen) atoms. The number of nitrogens with one attached hydrogen (secondary N) is 1. The Morgan fingerprint density at radius 1 is 1.14 bits per heavy atom. The first-order chi connectivity index (χ1) is 13.9. The second kappa shape index (κ2) is 12.1. The van der Waals surface area contributed by atoms with Crippen molar-refractivity contribution in [3.63, 3.8) is 0 Å². The van der Waals surface area contributed by atoms with E-state index in [4.69, 9.17) is 23.2 Å². The van der Waals surface area contributed by atoms with Gasteiger partial charge in [0, 0.05) is 28.0 Å². The third-order valence-corrected chi connectivity index (χ3v) is 6.04. The van der Waals surface area contributed by atoms with Gasteiger partial charge in [-0.2, -0.15) is 0 Å². The predicted molar refractivity (Wildman–Crippen MR) is 122 cm³/mol. The summed E-state index contributed by atoms with van der Waals surface area (Å²) in [6.45, 7) is 4.65. The lowest BCUT2D eigenvalue weighted by molar-refractivity contribution is -0.138. The fourth-order valence-corrected chi connectivity index (χ4v) is 3.97. The monoisotopic (exact) mass is 452 g/mol. The quantitative estimate of drug-likeness (QED) is 0.386. The number of thioether (sulfide) groups is 1. The Hall–Kier alpha value is -1.69. The van der Waals surface area contributed by atoms with Crippen LogP contribution in [0.5, 0.6) is 0 Å². The number of carbonyl (C=O) groups is 2. The lowest BCUT2D eigenvalue weighted by Gasteiger charge is -2.29. The standard InChI is InChI=1S/C22H26Cl2N2O2S/c1-3-4-12-25-22(28)16(2)26(14-17-10-11-18(23)13-20(17)24)21(27)15-29-19-8-6-5-7-9-19/h5-11,13,16H,3-4,12,14-15H2,1-2H3,(H,25,28). The SMILES string of the molecule is CCCCNC(=O)C(C)N(Cc1ccc(Cl)cc1Cl)C(=O)CSc1ccccc1. The van der Waals surface area contributed by atoms with Gasteiger partial charge in [0.25, 0.3) is 0 Å². The summed E-state index contributed by atoms with van der Waals surface area (Å²) < 4.78 is 0. The summed E-state index contributed by atoms with van der Waals surface area (Å²) in [5, 5.41) is 3.91. The Kier molecular flexibility index (Phi) is 9.85. The van der Waals surface area contributed by atoms with Crippen LogP contribution in [0.3, 0.4) is 0 Å². The third-order valence-electron chi connectivity index (χ3n) is 4.46. The smallest absolute Gasteiger partial charge is 0.242 e. The van der Waals surface area contributed by atoms with E-state index in [1.54, 1.807) is 30.0 Å². The molecule has 2 rings (SSSR count). The van der Waals surface area contributed by atoms with Gasteiger partial charge in [0.05, 0.1) is 5.75 Å². The van der Waals surface area contributed by atoms with Gasteiger partial charge in [-0.05, 0) is 43.2 Å². The molecular weight excluding hydrogens is 427 g/mol. The molecule has 0 radical (unpaired) electrons. The Labute approximate surface area is 187 Å². The minimum Gasteiger partial charge on any atom is -0.354 e. The summed E-state index contributed by atoms with van der Waals surface area (Å²) in [6.07, 6.45) is 1.89. The number of halogens is 2. The van der Waals surface area contributed by atoms with E-state index in [9.17, 15) is 9.59 Å². The molecule has 0 saturated heterocycles. The van der Waals surface area contributed by atoms with Gasteiger partial charge in [0.15, 0.2) is 0 Å². The largest absolute Gasteiger partial charge is 0.354 e. The normalized spacial score (nSPS) is 11.7. The third kappa shape index (κ3) is 7.57. The summed E-state index contributed by atoms with van der Waals surface area (Å²) in [5.41, 5.74) is 0.752. The second-order valence-corrected chi connectivity index (χ2v) is 8.57. The van der Waals surface area contributed by atoms with E-state index >= 15 is 0 Å². The van der Waals surface area contributed by atoms with Crippen molar-refractivity contribution < 1.29 is 9.59 Å². The molecule has 4 nitrogen and oxygen atoms in total. The van der Waals surface area contributed by atoms with Crippen LogP contribution in [0.4, 0.5) is 0 Å². The van der Waals surface area contributed by atoms with Crippen LogP contribution in [0, 0.1) is 0 Å². The van der Waals surface area contributed by atoms with Crippen LogP contribution in [0.15, 0.2) is 53.4 Å². The molecule has 0 aliphatic carbocycles. The van der Waals surface area contributed by atoms with Crippen LogP contribution in [0.1, 0.15) is 32.3 Å². The molecule has 2 aromatic rings. The van der Waals surface area contributed by atoms with E-state index in [1.807, 2.05) is 30.3 Å². The molecule has 0 bridgehead atoms. The van der Waals surface area contributed by atoms with Crippen LogP contribution in [0.2, 0.25) is 10.0 Å². The molecule has 7 heteroatoms. The van der Waals surface area contributed by atoms with Crippen LogP contribution in [-0.2, 0) is 16.1 Å². The maximum absolute atomic E-state index is 13.0. The van der Waals surface area contributed by atoms with E-state index < -0.39 is 6.04 Å². The van der Waals surface area contributed by atoms with Gasteiger partial charge >= 0.3 is 0 Å². The molecule has 1 N–H and O–H groups in total. The first kappa shape index (κ1) is 23.6. The Bertz CT molecular complexity index is 818. The average Bonchev–Trinajstić information content (AvgIpc) is 2.72. The van der Waals surface area contributed by atoms with Crippen molar-refractivity contribution in [2.75, 3.05) is 12.3 Å². The van der Waals surface area contributed by atoms with Gasteiger partial charge < -0.3 is 10.2 Å². The average molecular weight is 453 g/mol. The van der Waals surface area contributed by atoms with Gasteiger partial charge in [0.2, 0.25) is 11.8 Å². The van der Waals surface area contributed by atoms with E-state index in [1.165, 1.54) is 11.8 Å². The lowest BCUT2D eigenvalue weighted by Crippen LogP contribution is -2.48. The van der Waals surface area contributed by atoms with Gasteiger partial charge in [-0.3, -0.25) is 9.59 Å². The predicted octanol–water partition coefficient (Wildman–Crippen LogP) is 5.42. The van der Waals surface area contributed by atoms with Gasteiger partial charge in [-0.1, -0.05) is 60.8 Å². The molecule has 156 valence electrons. The van der Waals surface area contributed by atoms with Crippen LogP contribution in [0.25, 0.3) is 0 Å². The minimum absolute atomic E-state index is 0.122. The number of hydrogen-bond acceptors (Lipinski definition) is 3. The first-order valence-electron chi connectivity index (χ1n) is 9.61. The summed E-state index contributed by atoms with van der Waals surface area (Å²) in [6, 6.07) is 14.3. The molecule has 0 saturated carbocycles. The molecule has 1 atom stereocenters. The zero-order valence-corrected chi connectivity index (χ0v) is 19.0. The van der Waals surface area contributed by atoms with E-state index in [2.05, 4.69) is 12.2 Å². The number of benzene rings is 2. The maximum Gasteiger partial charge on any atom is 0.242 e. The van der Waals surface area contributed by atoms with Crippen molar-refractivity contribution in [3.8, 4) is 0 Å². The van der Waals surface area contributed by atoms with Gasteiger partial charge in [-0.25, -0.2) is 0 Å². The van der Waals surface area contributed by atoms with Gasteiger partial charge in [0.1, 0.15) is 6.04 Å². The highest BCUT2D eigenvalue weighted by Gasteiger charge is 2.26. The van der Waals surface area contributed by atoms with Crippen molar-refractivity contribution in [2.24, 2.45) is 0 Å². The first-order valence-corrected chi connectivity index (χ1v) is 11.4. The number of unbranched alkanes of at least 4 members (excludes halogenated alkanes) is 1. The topological polar surface area (TPSA) is 49.4 Å². The van der Waals surface area contributed by atoms with Crippen LogP contribution in [-0.4, -0.2) is 35.1 Å². The van der Waals surface area contributed by atoms with Crippen LogP contribution >= 0.6 is 35.0 Å². The second-order valence-electron chi connectivity index (χ2n) is 6.68. The fraction of sp³-hybridized carbons (Fsp3) is 0.364. The van der Waals surface area contributed by atoms with Crippen molar-refractivity contribution in [1.29, 1.82) is 0 Å². The van der Waals surface area contributed by atoms with Crippen molar-refractivity contribution in [3.05, 3.63) is 64.1 Å². The molecule has 0 aromatic heterocycles. The van der Waals surface area contributed by atoms with Crippen molar-refractivity contribution in [2.45, 2.75) is 44.2 Å². The number of rotatable bonds is 10. The highest BCUT2D eigenvalue weighted by atomic mass is 35.5. The zero-order chi connectivity index (χ0) is 21.2. The lowest BCUT2D eigenvalue weighted by atomic mass is 10.1. The Morgan fingerprint density at radius 2 is 1.86 bits per heavy atom. The number of carbonyl (C=O) groups excluding carboxylic acids is 2. The summed E-state index contributed by atoms with van der Waals surface area (Å²) >= 11 is 13.7. The summed E-state index contributed by atoms with van der Waals surface area (Å²) in [7, 11) is 0. The molecule has 2 amide bonds. The molecule has 2 aromatic carbocycles. The Balaban J connectivity index is 2.14. The molecule has 0 aliphatic rings. The highest BCUT2D eigenvalue weighted by molar-refractivity contribution is 8.00. The molecule has 0 spiro atoms. The van der Waals surface area contributed by atoms with Crippen molar-refractivity contribution in [1.82, 2.24) is 10.2 Å². The number of hydrogen-bond donors (Lipinski definition) is 1. The molecule has 0 heterocycles. The number of nitrogens with zero attached hydrogens (tertiary/aromatic N) is 1. The number of amides is 2. The van der Waals surface area contributed by atoms with E-state index in [-0.39, 0.29) is 24.1 Å². The molecular formula is C22H26Cl2N2O2S. The van der Waals surface area contributed by atoms with Crippen molar-refractivity contribution >= 4 is 46.8 Å². The molecule has 1 unspecified atom stereocenters. The van der Waals surface area contributed by atoms with Crippen LogP contribution < -0.4 is 5.32 Å². The summed E-state index contributed by atoms with van der Waals surface area (Å²) in [4.78, 5) is 28.2.